The lowest BCUT2D eigenvalue weighted by molar-refractivity contribution is -0.146. The summed E-state index contributed by atoms with van der Waals surface area (Å²) in [6, 6.07) is 13.3. The van der Waals surface area contributed by atoms with E-state index in [4.69, 9.17) is 16.3 Å². The molecule has 0 aliphatic carbocycles. The highest BCUT2D eigenvalue weighted by molar-refractivity contribution is 7.21. The lowest BCUT2D eigenvalue weighted by Crippen LogP contribution is -2.32. The molecule has 0 spiro atoms. The topological polar surface area (TPSA) is 84.5 Å². The Morgan fingerprint density at radius 2 is 1.61 bits per heavy atom. The molecule has 1 aromatic heterocycles. The maximum absolute atomic E-state index is 12.5. The van der Waals surface area contributed by atoms with Crippen LogP contribution >= 0.6 is 22.9 Å². The number of carbonyl (C=O) groups is 3. The maximum Gasteiger partial charge on any atom is 0.325 e. The van der Waals surface area contributed by atoms with Gasteiger partial charge in [0.25, 0.3) is 11.8 Å². The Labute approximate surface area is 202 Å². The summed E-state index contributed by atoms with van der Waals surface area (Å²) in [7, 11) is 0. The largest absolute Gasteiger partial charge is 0.454 e. The molecule has 2 amide bonds. The van der Waals surface area contributed by atoms with Crippen molar-refractivity contribution in [1.82, 2.24) is 5.32 Å². The number of esters is 1. The van der Waals surface area contributed by atoms with E-state index >= 15 is 0 Å². The zero-order valence-electron chi connectivity index (χ0n) is 19.0. The molecule has 0 aliphatic heterocycles. The van der Waals surface area contributed by atoms with Crippen LogP contribution in [0, 0.1) is 0 Å². The van der Waals surface area contributed by atoms with Gasteiger partial charge in [-0.1, -0.05) is 75.7 Å². The van der Waals surface area contributed by atoms with E-state index < -0.39 is 24.4 Å². The molecule has 6 nitrogen and oxygen atoms in total. The van der Waals surface area contributed by atoms with E-state index in [9.17, 15) is 14.4 Å². The van der Waals surface area contributed by atoms with Crippen molar-refractivity contribution in [1.29, 1.82) is 0 Å². The van der Waals surface area contributed by atoms with Gasteiger partial charge in [0.15, 0.2) is 6.61 Å². The summed E-state index contributed by atoms with van der Waals surface area (Å²) in [5.74, 6) is -1.17. The van der Waals surface area contributed by atoms with Crippen LogP contribution in [0.25, 0.3) is 10.1 Å². The van der Waals surface area contributed by atoms with Crippen LogP contribution in [-0.4, -0.2) is 30.9 Å². The fourth-order valence-corrected chi connectivity index (χ4v) is 4.89. The van der Waals surface area contributed by atoms with Crippen molar-refractivity contribution >= 4 is 56.5 Å². The Kier molecular flexibility index (Phi) is 8.10. The quantitative estimate of drug-likeness (QED) is 0.399. The van der Waals surface area contributed by atoms with Gasteiger partial charge in [0.05, 0.1) is 5.02 Å². The first kappa shape index (κ1) is 24.7. The molecular weight excluding hydrogens is 460 g/mol. The molecule has 3 aromatic rings. The van der Waals surface area contributed by atoms with Crippen molar-refractivity contribution in [2.75, 3.05) is 18.5 Å². The second-order valence-corrected chi connectivity index (χ2v) is 9.68. The summed E-state index contributed by atoms with van der Waals surface area (Å²) < 4.78 is 5.94. The summed E-state index contributed by atoms with van der Waals surface area (Å²) >= 11 is 7.55. The lowest BCUT2D eigenvalue weighted by atomic mass is 9.92. The van der Waals surface area contributed by atoms with Crippen molar-refractivity contribution in [3.05, 3.63) is 63.5 Å². The Morgan fingerprint density at radius 3 is 2.21 bits per heavy atom. The number of amides is 2. The van der Waals surface area contributed by atoms with E-state index in [2.05, 4.69) is 38.3 Å². The van der Waals surface area contributed by atoms with Gasteiger partial charge in [-0.3, -0.25) is 14.4 Å². The van der Waals surface area contributed by atoms with Crippen molar-refractivity contribution in [2.45, 2.75) is 39.5 Å². The number of hydrogen-bond acceptors (Lipinski definition) is 5. The third kappa shape index (κ3) is 5.92. The van der Waals surface area contributed by atoms with E-state index in [1.807, 2.05) is 42.5 Å². The molecule has 0 fully saturated rings. The van der Waals surface area contributed by atoms with E-state index in [-0.39, 0.29) is 18.4 Å². The van der Waals surface area contributed by atoms with Crippen LogP contribution in [0.15, 0.2) is 42.5 Å². The van der Waals surface area contributed by atoms with Gasteiger partial charge in [-0.05, 0) is 29.0 Å². The van der Waals surface area contributed by atoms with Gasteiger partial charge in [-0.15, -0.1) is 11.3 Å². The third-order valence-electron chi connectivity index (χ3n) is 5.14. The summed E-state index contributed by atoms with van der Waals surface area (Å²) in [5, 5.41) is 6.53. The standard InChI is InChI=1S/C25H27ClN2O4S/c1-14(2)16-9-7-10-17(15(3)4)23(16)28-20(29)13-32-21(30)12-27-25(31)24-22(26)18-8-5-6-11-19(18)33-24/h5-11,14-15H,12-13H2,1-4H3,(H,27,31)(H,28,29). The van der Waals surface area contributed by atoms with Gasteiger partial charge >= 0.3 is 5.97 Å². The fourth-order valence-electron chi connectivity index (χ4n) is 3.46. The average Bonchev–Trinajstić information content (AvgIpc) is 3.12. The highest BCUT2D eigenvalue weighted by Crippen LogP contribution is 2.35. The Hall–Kier alpha value is -2.90. The van der Waals surface area contributed by atoms with Gasteiger partial charge in [0, 0.05) is 15.8 Å². The van der Waals surface area contributed by atoms with Gasteiger partial charge in [0.2, 0.25) is 0 Å². The molecule has 0 radical (unpaired) electrons. The SMILES string of the molecule is CC(C)c1cccc(C(C)C)c1NC(=O)COC(=O)CNC(=O)c1sc2ccccc2c1Cl. The minimum Gasteiger partial charge on any atom is -0.454 e. The Bertz CT molecular complexity index is 1160. The molecule has 33 heavy (non-hydrogen) atoms. The van der Waals surface area contributed by atoms with Crippen molar-refractivity contribution < 1.29 is 19.1 Å². The maximum atomic E-state index is 12.5. The molecule has 174 valence electrons. The molecule has 0 bridgehead atoms. The van der Waals surface area contributed by atoms with Gasteiger partial charge in [0.1, 0.15) is 11.4 Å². The highest BCUT2D eigenvalue weighted by Gasteiger charge is 2.19. The van der Waals surface area contributed by atoms with Gasteiger partial charge in [-0.2, -0.15) is 0 Å². The number of halogens is 1. The molecular formula is C25H27ClN2O4S. The number of carbonyl (C=O) groups excluding carboxylic acids is 3. The molecule has 2 N–H and O–H groups in total. The average molecular weight is 487 g/mol. The van der Waals surface area contributed by atoms with E-state index in [0.29, 0.717) is 9.90 Å². The normalized spacial score (nSPS) is 11.1. The van der Waals surface area contributed by atoms with Crippen LogP contribution in [0.3, 0.4) is 0 Å². The van der Waals surface area contributed by atoms with Crippen LogP contribution in [0.2, 0.25) is 5.02 Å². The second-order valence-electron chi connectivity index (χ2n) is 8.25. The molecule has 0 saturated carbocycles. The minimum atomic E-state index is -0.711. The zero-order chi connectivity index (χ0) is 24.1. The number of thiophene rings is 1. The van der Waals surface area contributed by atoms with Crippen LogP contribution in [0.5, 0.6) is 0 Å². The molecule has 0 atom stereocenters. The highest BCUT2D eigenvalue weighted by atomic mass is 35.5. The van der Waals surface area contributed by atoms with Crippen LogP contribution in [0.1, 0.15) is 60.3 Å². The molecule has 0 saturated heterocycles. The van der Waals surface area contributed by atoms with Crippen LogP contribution in [0.4, 0.5) is 5.69 Å². The van der Waals surface area contributed by atoms with Gasteiger partial charge in [-0.25, -0.2) is 0 Å². The number of hydrogen-bond donors (Lipinski definition) is 2. The summed E-state index contributed by atoms with van der Waals surface area (Å²) in [5.41, 5.74) is 2.80. The summed E-state index contributed by atoms with van der Waals surface area (Å²) in [6.07, 6.45) is 0. The zero-order valence-corrected chi connectivity index (χ0v) is 20.6. The number of nitrogens with one attached hydrogen (secondary N) is 2. The lowest BCUT2D eigenvalue weighted by Gasteiger charge is -2.20. The van der Waals surface area contributed by atoms with Crippen molar-refractivity contribution in [3.63, 3.8) is 0 Å². The molecule has 8 heteroatoms. The minimum absolute atomic E-state index is 0.220. The molecule has 0 aliphatic rings. The predicted molar refractivity (Wildman–Crippen MR) is 133 cm³/mol. The van der Waals surface area contributed by atoms with Crippen LogP contribution < -0.4 is 10.6 Å². The smallest absolute Gasteiger partial charge is 0.325 e. The summed E-state index contributed by atoms with van der Waals surface area (Å²) in [4.78, 5) is 37.4. The second kappa shape index (κ2) is 10.8. The summed E-state index contributed by atoms with van der Waals surface area (Å²) in [6.45, 7) is 7.42. The Balaban J connectivity index is 1.55. The number of benzene rings is 2. The number of ether oxygens (including phenoxy) is 1. The van der Waals surface area contributed by atoms with E-state index in [1.54, 1.807) is 0 Å². The molecule has 3 rings (SSSR count). The first-order valence-corrected chi connectivity index (χ1v) is 11.9. The number of para-hydroxylation sites is 1. The predicted octanol–water partition coefficient (Wildman–Crippen LogP) is 5.71. The number of rotatable bonds is 8. The van der Waals surface area contributed by atoms with Crippen molar-refractivity contribution in [3.8, 4) is 0 Å². The molecule has 1 heterocycles. The van der Waals surface area contributed by atoms with E-state index in [0.717, 1.165) is 26.9 Å². The van der Waals surface area contributed by atoms with Gasteiger partial charge < -0.3 is 15.4 Å². The first-order valence-electron chi connectivity index (χ1n) is 10.7. The number of fused-ring (bicyclic) bond motifs is 1. The third-order valence-corrected chi connectivity index (χ3v) is 6.81. The fraction of sp³-hybridized carbons (Fsp3) is 0.320. The van der Waals surface area contributed by atoms with E-state index in [1.165, 1.54) is 11.3 Å². The molecule has 0 unspecified atom stereocenters. The Morgan fingerprint density at radius 1 is 0.970 bits per heavy atom. The van der Waals surface area contributed by atoms with Crippen LogP contribution in [-0.2, 0) is 14.3 Å². The van der Waals surface area contributed by atoms with Crippen molar-refractivity contribution in [2.24, 2.45) is 0 Å². The monoisotopic (exact) mass is 486 g/mol. The molecule has 2 aromatic carbocycles. The number of anilines is 1. The first-order chi connectivity index (χ1) is 15.7.